The highest BCUT2D eigenvalue weighted by atomic mass is 16.5. The maximum absolute atomic E-state index is 5.62. The van der Waals surface area contributed by atoms with Crippen LogP contribution in [0, 0.1) is 11.8 Å². The van der Waals surface area contributed by atoms with Gasteiger partial charge in [0.25, 0.3) is 0 Å². The van der Waals surface area contributed by atoms with Gasteiger partial charge >= 0.3 is 0 Å². The van der Waals surface area contributed by atoms with Crippen molar-refractivity contribution in [2.24, 2.45) is 11.8 Å². The molecule has 0 spiro atoms. The fourth-order valence-electron chi connectivity index (χ4n) is 2.53. The molecule has 1 aliphatic heterocycles. The standard InChI is InChI=1S/C14H30N2O/c1-6-15-14-10-17-9-13(14)8-16(12(4)5)7-11(2)3/h11-15H,6-10H2,1-5H3. The summed E-state index contributed by atoms with van der Waals surface area (Å²) in [5.41, 5.74) is 0. The summed E-state index contributed by atoms with van der Waals surface area (Å²) in [4.78, 5) is 2.59. The van der Waals surface area contributed by atoms with Crippen molar-refractivity contribution in [3.8, 4) is 0 Å². The van der Waals surface area contributed by atoms with Gasteiger partial charge in [0.05, 0.1) is 13.2 Å². The quantitative estimate of drug-likeness (QED) is 0.739. The van der Waals surface area contributed by atoms with Crippen molar-refractivity contribution in [1.29, 1.82) is 0 Å². The highest BCUT2D eigenvalue weighted by Crippen LogP contribution is 2.17. The van der Waals surface area contributed by atoms with Crippen LogP contribution in [-0.4, -0.2) is 49.8 Å². The van der Waals surface area contributed by atoms with E-state index in [1.54, 1.807) is 0 Å². The largest absolute Gasteiger partial charge is 0.379 e. The molecule has 1 saturated heterocycles. The summed E-state index contributed by atoms with van der Waals surface area (Å²) in [7, 11) is 0. The Morgan fingerprint density at radius 2 is 1.94 bits per heavy atom. The first-order chi connectivity index (χ1) is 8.04. The van der Waals surface area contributed by atoms with Gasteiger partial charge in [-0.25, -0.2) is 0 Å². The molecule has 1 fully saturated rings. The lowest BCUT2D eigenvalue weighted by Gasteiger charge is -2.32. The van der Waals surface area contributed by atoms with E-state index in [0.29, 0.717) is 18.0 Å². The average Bonchev–Trinajstić information content (AvgIpc) is 2.64. The van der Waals surface area contributed by atoms with Crippen molar-refractivity contribution in [3.63, 3.8) is 0 Å². The summed E-state index contributed by atoms with van der Waals surface area (Å²) in [6.45, 7) is 16.5. The summed E-state index contributed by atoms with van der Waals surface area (Å²) in [5.74, 6) is 1.38. The zero-order valence-corrected chi connectivity index (χ0v) is 12.2. The van der Waals surface area contributed by atoms with Crippen molar-refractivity contribution in [2.75, 3.05) is 32.8 Å². The van der Waals surface area contributed by atoms with Gasteiger partial charge in [0, 0.05) is 31.1 Å². The van der Waals surface area contributed by atoms with Crippen LogP contribution in [0.2, 0.25) is 0 Å². The van der Waals surface area contributed by atoms with Gasteiger partial charge in [0.1, 0.15) is 0 Å². The van der Waals surface area contributed by atoms with Crippen molar-refractivity contribution < 1.29 is 4.74 Å². The molecule has 1 heterocycles. The monoisotopic (exact) mass is 242 g/mol. The van der Waals surface area contributed by atoms with Gasteiger partial charge < -0.3 is 15.0 Å². The molecule has 3 heteroatoms. The van der Waals surface area contributed by atoms with Crippen LogP contribution in [0.15, 0.2) is 0 Å². The fourth-order valence-corrected chi connectivity index (χ4v) is 2.53. The molecule has 0 radical (unpaired) electrons. The Bertz CT molecular complexity index is 206. The smallest absolute Gasteiger partial charge is 0.0623 e. The molecule has 17 heavy (non-hydrogen) atoms. The lowest BCUT2D eigenvalue weighted by Crippen LogP contribution is -2.44. The van der Waals surface area contributed by atoms with Crippen molar-refractivity contribution in [2.45, 2.75) is 46.7 Å². The minimum absolute atomic E-state index is 0.549. The highest BCUT2D eigenvalue weighted by Gasteiger charge is 2.29. The second-order valence-electron chi connectivity index (χ2n) is 5.90. The van der Waals surface area contributed by atoms with Crippen LogP contribution in [0.5, 0.6) is 0 Å². The molecule has 0 bridgehead atoms. The van der Waals surface area contributed by atoms with E-state index >= 15 is 0 Å². The molecule has 0 amide bonds. The molecule has 102 valence electrons. The first-order valence-corrected chi connectivity index (χ1v) is 7.09. The topological polar surface area (TPSA) is 24.5 Å². The molecule has 0 aromatic rings. The SMILES string of the molecule is CCNC1COCC1CN(CC(C)C)C(C)C. The minimum atomic E-state index is 0.549. The fraction of sp³-hybridized carbons (Fsp3) is 1.00. The predicted octanol–water partition coefficient (Wildman–Crippen LogP) is 1.98. The lowest BCUT2D eigenvalue weighted by molar-refractivity contribution is 0.142. The maximum atomic E-state index is 5.62. The normalized spacial score (nSPS) is 25.4. The number of hydrogen-bond acceptors (Lipinski definition) is 3. The van der Waals surface area contributed by atoms with Gasteiger partial charge in [-0.3, -0.25) is 0 Å². The summed E-state index contributed by atoms with van der Waals surface area (Å²) < 4.78 is 5.62. The molecule has 2 unspecified atom stereocenters. The van der Waals surface area contributed by atoms with Gasteiger partial charge in [-0.15, -0.1) is 0 Å². The molecule has 3 nitrogen and oxygen atoms in total. The molecule has 0 aliphatic carbocycles. The van der Waals surface area contributed by atoms with E-state index in [1.807, 2.05) is 0 Å². The van der Waals surface area contributed by atoms with E-state index < -0.39 is 0 Å². The van der Waals surface area contributed by atoms with Crippen molar-refractivity contribution in [3.05, 3.63) is 0 Å². The van der Waals surface area contributed by atoms with Gasteiger partial charge in [0.15, 0.2) is 0 Å². The molecule has 0 aromatic heterocycles. The number of nitrogens with zero attached hydrogens (tertiary/aromatic N) is 1. The lowest BCUT2D eigenvalue weighted by atomic mass is 10.0. The maximum Gasteiger partial charge on any atom is 0.0623 e. The molecule has 0 saturated carbocycles. The Morgan fingerprint density at radius 3 is 2.47 bits per heavy atom. The molecule has 1 aliphatic rings. The third-order valence-corrected chi connectivity index (χ3v) is 3.46. The number of rotatable bonds is 7. The second-order valence-corrected chi connectivity index (χ2v) is 5.90. The van der Waals surface area contributed by atoms with Crippen LogP contribution >= 0.6 is 0 Å². The number of ether oxygens (including phenoxy) is 1. The molecule has 1 N–H and O–H groups in total. The Labute approximate surface area is 107 Å². The molecular weight excluding hydrogens is 212 g/mol. The first kappa shape index (κ1) is 14.9. The summed E-state index contributed by atoms with van der Waals surface area (Å²) in [6.07, 6.45) is 0. The average molecular weight is 242 g/mol. The Morgan fingerprint density at radius 1 is 1.24 bits per heavy atom. The summed E-state index contributed by atoms with van der Waals surface area (Å²) in [6, 6.07) is 1.17. The Hall–Kier alpha value is -0.120. The zero-order chi connectivity index (χ0) is 12.8. The molecule has 1 rings (SSSR count). The van der Waals surface area contributed by atoms with Gasteiger partial charge in [0.2, 0.25) is 0 Å². The van der Waals surface area contributed by atoms with Gasteiger partial charge in [-0.05, 0) is 26.3 Å². The van der Waals surface area contributed by atoms with E-state index in [-0.39, 0.29) is 0 Å². The van der Waals surface area contributed by atoms with Crippen LogP contribution < -0.4 is 5.32 Å². The van der Waals surface area contributed by atoms with Crippen LogP contribution in [0.1, 0.15) is 34.6 Å². The Balaban J connectivity index is 2.47. The minimum Gasteiger partial charge on any atom is -0.379 e. The van der Waals surface area contributed by atoms with Crippen molar-refractivity contribution in [1.82, 2.24) is 10.2 Å². The van der Waals surface area contributed by atoms with Crippen LogP contribution in [0.3, 0.4) is 0 Å². The van der Waals surface area contributed by atoms with E-state index in [1.165, 1.54) is 6.54 Å². The third kappa shape index (κ3) is 4.94. The van der Waals surface area contributed by atoms with Crippen molar-refractivity contribution >= 4 is 0 Å². The number of likely N-dealkylation sites (N-methyl/N-ethyl adjacent to an activating group) is 1. The third-order valence-electron chi connectivity index (χ3n) is 3.46. The highest BCUT2D eigenvalue weighted by molar-refractivity contribution is 4.84. The van der Waals surface area contributed by atoms with E-state index in [9.17, 15) is 0 Å². The summed E-state index contributed by atoms with van der Waals surface area (Å²) in [5, 5.41) is 3.54. The number of nitrogens with one attached hydrogen (secondary N) is 1. The van der Waals surface area contributed by atoms with E-state index in [4.69, 9.17) is 4.74 Å². The number of hydrogen-bond donors (Lipinski definition) is 1. The van der Waals surface area contributed by atoms with Gasteiger partial charge in [-0.2, -0.15) is 0 Å². The Kier molecular flexibility index (Phi) is 6.45. The molecular formula is C14H30N2O. The summed E-state index contributed by atoms with van der Waals surface area (Å²) >= 11 is 0. The van der Waals surface area contributed by atoms with E-state index in [0.717, 1.165) is 32.2 Å². The first-order valence-electron chi connectivity index (χ1n) is 7.09. The van der Waals surface area contributed by atoms with Crippen LogP contribution in [-0.2, 0) is 4.74 Å². The molecule has 2 atom stereocenters. The van der Waals surface area contributed by atoms with Crippen LogP contribution in [0.4, 0.5) is 0 Å². The van der Waals surface area contributed by atoms with Crippen LogP contribution in [0.25, 0.3) is 0 Å². The van der Waals surface area contributed by atoms with Gasteiger partial charge in [-0.1, -0.05) is 20.8 Å². The molecule has 0 aromatic carbocycles. The second kappa shape index (κ2) is 7.34. The predicted molar refractivity (Wildman–Crippen MR) is 73.3 cm³/mol. The van der Waals surface area contributed by atoms with E-state index in [2.05, 4.69) is 44.8 Å². The zero-order valence-electron chi connectivity index (χ0n) is 12.2.